The topological polar surface area (TPSA) is 55.8 Å². The first kappa shape index (κ1) is 22.7. The molecule has 5 nitrogen and oxygen atoms in total. The third-order valence-corrected chi connectivity index (χ3v) is 8.21. The van der Waals surface area contributed by atoms with Gasteiger partial charge in [0.15, 0.2) is 11.7 Å². The molecule has 0 aliphatic carbocycles. The third kappa shape index (κ3) is 3.44. The quantitative estimate of drug-likeness (QED) is 0.298. The molecule has 5 rings (SSSR count). The van der Waals surface area contributed by atoms with Crippen molar-refractivity contribution in [2.75, 3.05) is 7.11 Å². The van der Waals surface area contributed by atoms with E-state index >= 15 is 0 Å². The Bertz CT molecular complexity index is 1090. The van der Waals surface area contributed by atoms with Gasteiger partial charge in [-0.1, -0.05) is 91.0 Å². The minimum absolute atomic E-state index is 0.169. The van der Waals surface area contributed by atoms with Crippen molar-refractivity contribution in [3.8, 4) is 0 Å². The molecule has 0 spiro atoms. The first-order chi connectivity index (χ1) is 16.4. The molecule has 0 radical (unpaired) electrons. The van der Waals surface area contributed by atoms with Gasteiger partial charge in [0, 0.05) is 28.5 Å². The Kier molecular flexibility index (Phi) is 5.74. The summed E-state index contributed by atoms with van der Waals surface area (Å²) in [6.07, 6.45) is -0.524. The number of hydrogen-bond donors (Lipinski definition) is 0. The van der Waals surface area contributed by atoms with E-state index in [9.17, 15) is 9.59 Å². The second-order valence-electron chi connectivity index (χ2n) is 9.12. The second kappa shape index (κ2) is 8.60. The highest BCUT2D eigenvalue weighted by Gasteiger charge is 2.65. The summed E-state index contributed by atoms with van der Waals surface area (Å²) in [5.41, 5.74) is 1.34. The summed E-state index contributed by atoms with van der Waals surface area (Å²) in [7, 11) is 1.53. The number of thioether (sulfide) groups is 1. The first-order valence-electron chi connectivity index (χ1n) is 11.3. The summed E-state index contributed by atoms with van der Waals surface area (Å²) < 4.78 is 11.4. The van der Waals surface area contributed by atoms with Crippen LogP contribution in [0.15, 0.2) is 91.0 Å². The number of rotatable bonds is 6. The van der Waals surface area contributed by atoms with Crippen molar-refractivity contribution >= 4 is 23.6 Å². The maximum Gasteiger partial charge on any atom is 0.331 e. The van der Waals surface area contributed by atoms with Gasteiger partial charge in [0.1, 0.15) is 11.4 Å². The minimum Gasteiger partial charge on any atom is -0.443 e. The van der Waals surface area contributed by atoms with Crippen molar-refractivity contribution < 1.29 is 19.1 Å². The number of esters is 1. The average molecular weight is 474 g/mol. The van der Waals surface area contributed by atoms with Crippen LogP contribution in [-0.2, 0) is 24.7 Å². The molecule has 1 amide bonds. The molecule has 6 heteroatoms. The van der Waals surface area contributed by atoms with Crippen molar-refractivity contribution in [1.82, 2.24) is 4.90 Å². The summed E-state index contributed by atoms with van der Waals surface area (Å²) >= 11 is 1.58. The second-order valence-corrected chi connectivity index (χ2v) is 10.9. The molecular formula is C28H27NO4S. The highest BCUT2D eigenvalue weighted by molar-refractivity contribution is 8.01. The van der Waals surface area contributed by atoms with E-state index in [0.29, 0.717) is 0 Å². The van der Waals surface area contributed by atoms with Gasteiger partial charge in [0.25, 0.3) is 5.91 Å². The average Bonchev–Trinajstić information content (AvgIpc) is 3.11. The van der Waals surface area contributed by atoms with Crippen LogP contribution in [0.2, 0.25) is 0 Å². The van der Waals surface area contributed by atoms with E-state index in [-0.39, 0.29) is 11.3 Å². The Morgan fingerprint density at radius 1 is 0.853 bits per heavy atom. The Morgan fingerprint density at radius 2 is 1.29 bits per heavy atom. The van der Waals surface area contributed by atoms with Gasteiger partial charge in [-0.15, -0.1) is 11.8 Å². The lowest BCUT2D eigenvalue weighted by molar-refractivity contribution is -0.178. The van der Waals surface area contributed by atoms with Crippen molar-refractivity contribution in [2.45, 2.75) is 41.7 Å². The summed E-state index contributed by atoms with van der Waals surface area (Å²) in [5, 5.41) is -0.190. The summed E-state index contributed by atoms with van der Waals surface area (Å²) in [5.74, 6) is -0.600. The van der Waals surface area contributed by atoms with E-state index in [1.807, 2.05) is 105 Å². The highest BCUT2D eigenvalue weighted by Crippen LogP contribution is 2.52. The number of amides is 1. The monoisotopic (exact) mass is 473 g/mol. The largest absolute Gasteiger partial charge is 0.443 e. The molecule has 0 aromatic heterocycles. The standard InChI is InChI=1S/C28H27NO4S/c1-27(2)23(29-24(30)22(32-3)25(29)34-27)26(31)33-28(19-13-7-4-8-14-19,20-15-9-5-10-16-20)21-17-11-6-12-18-21/h4-18,22-23,25H,1-3H3/t22-,23+,25-/m1/s1. The molecule has 0 saturated carbocycles. The van der Waals surface area contributed by atoms with E-state index in [1.165, 1.54) is 7.11 Å². The van der Waals surface area contributed by atoms with E-state index in [4.69, 9.17) is 9.47 Å². The fraction of sp³-hybridized carbons (Fsp3) is 0.286. The lowest BCUT2D eigenvalue weighted by Gasteiger charge is -2.44. The number of methoxy groups -OCH3 is 1. The van der Waals surface area contributed by atoms with Crippen LogP contribution in [0.4, 0.5) is 0 Å². The third-order valence-electron chi connectivity index (χ3n) is 6.66. The zero-order valence-corrected chi connectivity index (χ0v) is 20.2. The molecule has 2 aliphatic rings. The molecular weight excluding hydrogens is 446 g/mol. The van der Waals surface area contributed by atoms with Gasteiger partial charge >= 0.3 is 5.97 Å². The molecule has 0 bridgehead atoms. The smallest absolute Gasteiger partial charge is 0.331 e. The summed E-state index contributed by atoms with van der Waals surface area (Å²) in [6.45, 7) is 3.97. The number of β-lactam (4-membered cyclic amide) rings is 1. The Labute approximate surface area is 204 Å². The van der Waals surface area contributed by atoms with Crippen LogP contribution in [0.5, 0.6) is 0 Å². The number of fused-ring (bicyclic) bond motifs is 1. The number of carbonyl (C=O) groups excluding carboxylic acids is 2. The first-order valence-corrected chi connectivity index (χ1v) is 12.2. The van der Waals surface area contributed by atoms with Crippen molar-refractivity contribution in [1.29, 1.82) is 0 Å². The number of hydrogen-bond acceptors (Lipinski definition) is 5. The molecule has 2 heterocycles. The van der Waals surface area contributed by atoms with Crippen LogP contribution in [0.1, 0.15) is 30.5 Å². The van der Waals surface area contributed by atoms with Gasteiger partial charge in [-0.2, -0.15) is 0 Å². The van der Waals surface area contributed by atoms with Crippen LogP contribution in [0.3, 0.4) is 0 Å². The Morgan fingerprint density at radius 3 is 1.71 bits per heavy atom. The molecule has 3 aromatic carbocycles. The molecule has 34 heavy (non-hydrogen) atoms. The summed E-state index contributed by atoms with van der Waals surface area (Å²) in [4.78, 5) is 28.5. The van der Waals surface area contributed by atoms with Crippen LogP contribution < -0.4 is 0 Å². The summed E-state index contributed by atoms with van der Waals surface area (Å²) in [6, 6.07) is 28.6. The van der Waals surface area contributed by atoms with Crippen LogP contribution in [-0.4, -0.2) is 46.2 Å². The van der Waals surface area contributed by atoms with Gasteiger partial charge in [-0.25, -0.2) is 4.79 Å². The maximum atomic E-state index is 14.1. The van der Waals surface area contributed by atoms with Gasteiger partial charge in [-0.3, -0.25) is 4.79 Å². The number of carbonyl (C=O) groups is 2. The van der Waals surface area contributed by atoms with Crippen LogP contribution in [0, 0.1) is 0 Å². The van der Waals surface area contributed by atoms with Gasteiger partial charge in [-0.05, 0) is 13.8 Å². The predicted octanol–water partition coefficient (Wildman–Crippen LogP) is 4.60. The molecule has 2 aliphatic heterocycles. The molecule has 3 aromatic rings. The van der Waals surface area contributed by atoms with E-state index < -0.39 is 28.5 Å². The normalized spacial score (nSPS) is 23.2. The fourth-order valence-corrected chi connectivity index (χ4v) is 6.73. The highest BCUT2D eigenvalue weighted by atomic mass is 32.2. The maximum absolute atomic E-state index is 14.1. The Hall–Kier alpha value is -3.09. The number of ether oxygens (including phenoxy) is 2. The molecule has 3 atom stereocenters. The molecule has 2 fully saturated rings. The van der Waals surface area contributed by atoms with Gasteiger partial charge < -0.3 is 14.4 Å². The molecule has 2 saturated heterocycles. The SMILES string of the molecule is CO[C@@H]1C(=O)N2[C@@H]1SC(C)(C)[C@@H]2C(=O)OC(c1ccccc1)(c1ccccc1)c1ccccc1. The van der Waals surface area contributed by atoms with E-state index in [1.54, 1.807) is 16.7 Å². The minimum atomic E-state index is -1.17. The molecule has 0 unspecified atom stereocenters. The molecule has 174 valence electrons. The zero-order chi connectivity index (χ0) is 23.9. The van der Waals surface area contributed by atoms with Crippen molar-refractivity contribution in [2.24, 2.45) is 0 Å². The number of benzene rings is 3. The van der Waals surface area contributed by atoms with E-state index in [2.05, 4.69) is 0 Å². The fourth-order valence-electron chi connectivity index (χ4n) is 5.08. The van der Waals surface area contributed by atoms with E-state index in [0.717, 1.165) is 16.7 Å². The number of nitrogens with zero attached hydrogens (tertiary/aromatic N) is 1. The zero-order valence-electron chi connectivity index (χ0n) is 19.4. The lowest BCUT2D eigenvalue weighted by atomic mass is 9.80. The molecule has 0 N–H and O–H groups in total. The lowest BCUT2D eigenvalue weighted by Crippen LogP contribution is -2.66. The van der Waals surface area contributed by atoms with Crippen molar-refractivity contribution in [3.05, 3.63) is 108 Å². The predicted molar refractivity (Wildman–Crippen MR) is 132 cm³/mol. The Balaban J connectivity index is 1.64. The van der Waals surface area contributed by atoms with Gasteiger partial charge in [0.05, 0.1) is 0 Å². The van der Waals surface area contributed by atoms with Crippen LogP contribution >= 0.6 is 11.8 Å². The van der Waals surface area contributed by atoms with Crippen LogP contribution in [0.25, 0.3) is 0 Å². The van der Waals surface area contributed by atoms with Gasteiger partial charge in [0.2, 0.25) is 0 Å². The van der Waals surface area contributed by atoms with Crippen molar-refractivity contribution in [3.63, 3.8) is 0 Å².